The lowest BCUT2D eigenvalue weighted by atomic mass is 10.0. The topological polar surface area (TPSA) is 111 Å². The van der Waals surface area contributed by atoms with E-state index in [-0.39, 0.29) is 0 Å². The number of likely N-dealkylation sites (tertiary alicyclic amines) is 2. The Labute approximate surface area is 758 Å². The van der Waals surface area contributed by atoms with Crippen molar-refractivity contribution in [1.29, 1.82) is 0 Å². The number of thioether (sulfide) groups is 1. The summed E-state index contributed by atoms with van der Waals surface area (Å²) in [6.45, 7) is 53.4. The molecule has 0 aromatic heterocycles. The summed E-state index contributed by atoms with van der Waals surface area (Å²) in [7, 11) is 15.8. The van der Waals surface area contributed by atoms with Crippen molar-refractivity contribution in [2.75, 3.05) is 149 Å². The standard InChI is InChI=1S/C14H22O3.C14H20O3.C13H20O2.C12H16O2.C12H16O.C11H13Cl.C10H21N.C9H19N.C8H17NS.2CH3F/c2*1-10(2)6-7-11-8-12(15-3)14(17-5)13(9-11)16-4;1-10(2)5-6-11-7-8-12(14-3)13(9-11)15-4;1-9(2)3-4-10-5-6-11-12(7-10)14-8-13-11;1-10(2)4-5-11-6-8-12(13-3)9-7-11;1-9(2)7-8-10-5-3-4-6-11(10)12;1-9(2)8-11-7-5-4-6-10(11)3;1-9(2)8-10-6-4-3-5-7-10;1-8(2)7-9-3-5-10-6-4-9;2*1-2/h8-10H,6-7H2,1-5H3;6-10H,1-5H3;7-10H,5-6H2,1-4H3;5-7,9H,3-4,8H2,1-2H3;4-10H,1-3H3;3-9H,1-2H3;9-10H,4-8H2,1-3H3;9H,3-8H2,1-2H3;8H,3-7H2,1-2H3;2*1H3/b;7-6+;;;5-4+;8-7+;;;;;. The predicted octanol–water partition coefficient (Wildman–Crippen LogP) is 27.9. The number of hydrogen-bond acceptors (Lipinski definition) is 15. The summed E-state index contributed by atoms with van der Waals surface area (Å²) in [5.74, 6) is 17.4. The van der Waals surface area contributed by atoms with E-state index in [1.165, 1.54) is 137 Å². The Kier molecular flexibility index (Phi) is 66.6. The van der Waals surface area contributed by atoms with Crippen LogP contribution in [0.2, 0.25) is 5.02 Å². The number of halogens is 3. The molecule has 1 atom stereocenters. The highest BCUT2D eigenvalue weighted by molar-refractivity contribution is 7.99. The van der Waals surface area contributed by atoms with Crippen LogP contribution in [0.5, 0.6) is 63.2 Å². The van der Waals surface area contributed by atoms with E-state index in [9.17, 15) is 8.78 Å². The number of nitrogens with zero attached hydrogens (tertiary/aromatic N) is 3. The maximum atomic E-state index is 9.50. The fourth-order valence-electron chi connectivity index (χ4n) is 13.1. The van der Waals surface area contributed by atoms with Crippen LogP contribution in [0.4, 0.5) is 8.78 Å². The lowest BCUT2D eigenvalue weighted by Crippen LogP contribution is -2.39. The minimum atomic E-state index is 0.364. The Balaban J connectivity index is 0.00000136. The molecule has 0 radical (unpaired) electrons. The highest BCUT2D eigenvalue weighted by Gasteiger charge is 2.20. The van der Waals surface area contributed by atoms with Gasteiger partial charge in [0.25, 0.3) is 0 Å². The molecule has 0 saturated carbocycles. The summed E-state index contributed by atoms with van der Waals surface area (Å²) >= 11 is 8.04. The maximum Gasteiger partial charge on any atom is 0.231 e. The summed E-state index contributed by atoms with van der Waals surface area (Å²) in [6, 6.07) is 37.0. The first-order valence-corrected chi connectivity index (χ1v) is 46.5. The van der Waals surface area contributed by atoms with Gasteiger partial charge in [-0.2, -0.15) is 11.8 Å². The highest BCUT2D eigenvalue weighted by Crippen LogP contribution is 2.41. The van der Waals surface area contributed by atoms with Crippen molar-refractivity contribution in [3.8, 4) is 63.2 Å². The van der Waals surface area contributed by atoms with Crippen LogP contribution in [0.3, 0.4) is 0 Å². The Hall–Kier alpha value is -7.28. The number of rotatable bonds is 30. The van der Waals surface area contributed by atoms with E-state index in [1.54, 1.807) is 64.0 Å². The van der Waals surface area contributed by atoms with Gasteiger partial charge in [0.1, 0.15) is 5.75 Å². The number of ether oxygens (including phenoxy) is 11. The first-order chi connectivity index (χ1) is 58.8. The van der Waals surface area contributed by atoms with Gasteiger partial charge in [-0.25, -0.2) is 0 Å². The first-order valence-electron chi connectivity index (χ1n) is 45.0. The fourth-order valence-corrected chi connectivity index (χ4v) is 14.2. The lowest BCUT2D eigenvalue weighted by Gasteiger charge is -2.34. The van der Waals surface area contributed by atoms with Gasteiger partial charge in [0, 0.05) is 55.3 Å². The number of benzene rings is 6. The maximum absolute atomic E-state index is 9.50. The molecule has 18 heteroatoms. The second kappa shape index (κ2) is 70.8. The van der Waals surface area contributed by atoms with Crippen LogP contribution >= 0.6 is 23.4 Å². The van der Waals surface area contributed by atoms with Crippen molar-refractivity contribution in [2.24, 2.45) is 53.3 Å². The van der Waals surface area contributed by atoms with E-state index in [4.69, 9.17) is 63.7 Å². The molecule has 14 nitrogen and oxygen atoms in total. The average Bonchev–Trinajstić information content (AvgIpc) is 1.40. The monoisotopic (exact) mass is 1750 g/mol. The first kappa shape index (κ1) is 116. The molecule has 0 spiro atoms. The van der Waals surface area contributed by atoms with Gasteiger partial charge in [0.15, 0.2) is 46.0 Å². The molecule has 0 bridgehead atoms. The molecule has 3 fully saturated rings. The molecule has 3 saturated heterocycles. The second-order valence-corrected chi connectivity index (χ2v) is 36.2. The summed E-state index contributed by atoms with van der Waals surface area (Å²) in [5, 5.41) is 0.814. The molecule has 6 aromatic rings. The van der Waals surface area contributed by atoms with Gasteiger partial charge in [0.2, 0.25) is 18.3 Å². The number of aryl methyl sites for hydroxylation is 3. The number of hydrogen-bond donors (Lipinski definition) is 0. The normalized spacial score (nSPS) is 14.2. The van der Waals surface area contributed by atoms with Crippen LogP contribution in [-0.2, 0) is 19.3 Å². The van der Waals surface area contributed by atoms with E-state index in [1.807, 2.05) is 72.8 Å². The molecular weight excluding hydrogens is 1580 g/mol. The Morgan fingerprint density at radius 3 is 1.24 bits per heavy atom. The SMILES string of the molecule is CC(C)/C=C/c1ccccc1Cl.CC(C)CCc1ccc2c(c1)OCO2.CC(C)CN1CCCCC1.CC(C)CN1CCCCC1C.CC(C)CN1CCSCC1.CF.CF.COc1cc(/C=C/C(C)C)cc(OC)c1OC.COc1cc(CCC(C)C)cc(OC)c1OC.COc1ccc(/C=C/C(C)C)cc1.COc1ccc(CCC(C)C)cc1OC. The van der Waals surface area contributed by atoms with Crippen molar-refractivity contribution in [3.63, 3.8) is 0 Å². The Morgan fingerprint density at radius 1 is 0.390 bits per heavy atom. The van der Waals surface area contributed by atoms with Gasteiger partial charge in [-0.3, -0.25) is 8.78 Å². The molecule has 4 aliphatic heterocycles. The summed E-state index contributed by atoms with van der Waals surface area (Å²) in [6.07, 6.45) is 28.1. The summed E-state index contributed by atoms with van der Waals surface area (Å²) in [4.78, 5) is 7.80. The number of piperidine rings is 2. The minimum absolute atomic E-state index is 0.364. The van der Waals surface area contributed by atoms with Gasteiger partial charge in [-0.15, -0.1) is 0 Å². The Bertz CT molecular complexity index is 3610. The molecule has 123 heavy (non-hydrogen) atoms. The van der Waals surface area contributed by atoms with E-state index in [0.29, 0.717) is 67.8 Å². The van der Waals surface area contributed by atoms with E-state index in [0.717, 1.165) is 118 Å². The van der Waals surface area contributed by atoms with Crippen molar-refractivity contribution in [1.82, 2.24) is 14.7 Å². The largest absolute Gasteiger partial charge is 0.497 e. The predicted molar refractivity (Wildman–Crippen MR) is 527 cm³/mol. The molecule has 10 rings (SSSR count). The van der Waals surface area contributed by atoms with Gasteiger partial charge in [-0.1, -0.05) is 228 Å². The quantitative estimate of drug-likeness (QED) is 0.0426. The molecule has 0 amide bonds. The molecule has 1 unspecified atom stereocenters. The number of fused-ring (bicyclic) bond motifs is 1. The van der Waals surface area contributed by atoms with Crippen LogP contribution in [0.25, 0.3) is 18.2 Å². The van der Waals surface area contributed by atoms with Gasteiger partial charge < -0.3 is 66.8 Å². The average molecular weight is 1760 g/mol. The van der Waals surface area contributed by atoms with Crippen LogP contribution in [0, 0.1) is 53.3 Å². The molecule has 698 valence electrons. The summed E-state index contributed by atoms with van der Waals surface area (Å²) in [5.41, 5.74) is 7.20. The van der Waals surface area contributed by atoms with Gasteiger partial charge in [0.05, 0.1) is 78.3 Å². The highest BCUT2D eigenvalue weighted by atomic mass is 35.5. The van der Waals surface area contributed by atoms with E-state index >= 15 is 0 Å². The van der Waals surface area contributed by atoms with Crippen LogP contribution < -0.4 is 52.1 Å². The van der Waals surface area contributed by atoms with Crippen molar-refractivity contribution < 1.29 is 60.9 Å². The number of methoxy groups -OCH3 is 9. The van der Waals surface area contributed by atoms with Crippen LogP contribution in [0.15, 0.2) is 127 Å². The minimum Gasteiger partial charge on any atom is -0.497 e. The molecular formula is C105H170ClF2N3O11S. The zero-order chi connectivity index (χ0) is 92.6. The molecule has 4 heterocycles. The molecule has 6 aromatic carbocycles. The molecule has 0 aliphatic carbocycles. The number of alkyl halides is 2. The molecule has 0 N–H and O–H groups in total. The summed E-state index contributed by atoms with van der Waals surface area (Å²) < 4.78 is 76.9. The van der Waals surface area contributed by atoms with Crippen molar-refractivity contribution in [3.05, 3.63) is 166 Å². The Morgan fingerprint density at radius 2 is 0.805 bits per heavy atom. The van der Waals surface area contributed by atoms with Gasteiger partial charge in [-0.05, 0) is 244 Å². The van der Waals surface area contributed by atoms with Crippen molar-refractivity contribution in [2.45, 2.75) is 215 Å². The molecule has 4 aliphatic rings. The van der Waals surface area contributed by atoms with Crippen LogP contribution in [0.1, 0.15) is 223 Å². The third-order valence-corrected chi connectivity index (χ3v) is 21.0. The fraction of sp³-hybridized carbons (Fsp3) is 0.600. The van der Waals surface area contributed by atoms with E-state index < -0.39 is 0 Å². The van der Waals surface area contributed by atoms with Gasteiger partial charge >= 0.3 is 0 Å². The third kappa shape index (κ3) is 53.7. The second-order valence-electron chi connectivity index (χ2n) is 34.6. The van der Waals surface area contributed by atoms with Crippen LogP contribution in [-0.4, -0.2) is 170 Å². The number of allylic oxidation sites excluding steroid dienone is 3. The van der Waals surface area contributed by atoms with Crippen molar-refractivity contribution >= 4 is 41.6 Å². The zero-order valence-corrected chi connectivity index (χ0v) is 83.8. The third-order valence-electron chi connectivity index (χ3n) is 19.7. The lowest BCUT2D eigenvalue weighted by molar-refractivity contribution is 0.144. The smallest absolute Gasteiger partial charge is 0.231 e. The zero-order valence-electron chi connectivity index (χ0n) is 82.3. The van der Waals surface area contributed by atoms with E-state index in [2.05, 4.69) is 231 Å².